The van der Waals surface area contributed by atoms with Gasteiger partial charge in [-0.1, -0.05) is 12.1 Å². The van der Waals surface area contributed by atoms with Crippen molar-refractivity contribution in [3.05, 3.63) is 36.2 Å². The van der Waals surface area contributed by atoms with E-state index in [0.29, 0.717) is 18.4 Å². The number of aliphatic hydroxyl groups is 2. The lowest BCUT2D eigenvalue weighted by molar-refractivity contribution is 0.0281. The van der Waals surface area contributed by atoms with Crippen molar-refractivity contribution in [2.24, 2.45) is 0 Å². The average Bonchev–Trinajstić information content (AvgIpc) is 3.44. The molecule has 2 aromatic heterocycles. The summed E-state index contributed by atoms with van der Waals surface area (Å²) in [6, 6.07) is 9.97. The molecule has 2 aliphatic heterocycles. The zero-order valence-electron chi connectivity index (χ0n) is 18.6. The quantitative estimate of drug-likeness (QED) is 0.623. The van der Waals surface area contributed by atoms with Crippen molar-refractivity contribution in [1.82, 2.24) is 19.5 Å². The molecule has 2 saturated heterocycles. The lowest BCUT2D eigenvalue weighted by atomic mass is 10.1. The van der Waals surface area contributed by atoms with Gasteiger partial charge in [0, 0.05) is 19.2 Å². The van der Waals surface area contributed by atoms with Gasteiger partial charge in [0.05, 0.1) is 42.4 Å². The van der Waals surface area contributed by atoms with E-state index in [1.54, 1.807) is 0 Å². The highest BCUT2D eigenvalue weighted by Gasteiger charge is 2.30. The van der Waals surface area contributed by atoms with Crippen LogP contribution in [0.1, 0.15) is 32.5 Å². The Morgan fingerprint density at radius 2 is 1.81 bits per heavy atom. The number of fused-ring (bicyclic) bond motifs is 1. The molecule has 2 N–H and O–H groups in total. The van der Waals surface area contributed by atoms with E-state index in [1.807, 2.05) is 34.9 Å². The highest BCUT2D eigenvalue weighted by atomic mass is 16.5. The molecule has 0 bridgehead atoms. The summed E-state index contributed by atoms with van der Waals surface area (Å²) in [7, 11) is 0. The van der Waals surface area contributed by atoms with E-state index < -0.39 is 0 Å². The summed E-state index contributed by atoms with van der Waals surface area (Å²) >= 11 is 0. The van der Waals surface area contributed by atoms with E-state index in [0.717, 1.165) is 48.6 Å². The maximum atomic E-state index is 10.0. The Morgan fingerprint density at radius 1 is 1.03 bits per heavy atom. The number of anilines is 2. The van der Waals surface area contributed by atoms with Crippen LogP contribution in [0.15, 0.2) is 30.3 Å². The van der Waals surface area contributed by atoms with Crippen molar-refractivity contribution < 1.29 is 14.9 Å². The fourth-order valence-corrected chi connectivity index (χ4v) is 4.79. The number of aliphatic hydroxyl groups excluding tert-OH is 2. The fraction of sp³-hybridized carbons (Fsp3) is 0.522. The van der Waals surface area contributed by atoms with Crippen LogP contribution in [0.5, 0.6) is 0 Å². The summed E-state index contributed by atoms with van der Waals surface area (Å²) in [5.41, 5.74) is 1.64. The minimum atomic E-state index is -0.217. The third kappa shape index (κ3) is 3.60. The highest BCUT2D eigenvalue weighted by Crippen LogP contribution is 2.31. The zero-order valence-corrected chi connectivity index (χ0v) is 18.6. The summed E-state index contributed by atoms with van der Waals surface area (Å²) in [4.78, 5) is 18.9. The Labute approximate surface area is 187 Å². The van der Waals surface area contributed by atoms with Gasteiger partial charge >= 0.3 is 0 Å². The molecule has 2 fully saturated rings. The first-order chi connectivity index (χ1) is 15.6. The van der Waals surface area contributed by atoms with E-state index in [2.05, 4.69) is 28.6 Å². The molecule has 4 heterocycles. The molecule has 9 nitrogen and oxygen atoms in total. The molecule has 3 atom stereocenters. The molecule has 2 aliphatic rings. The van der Waals surface area contributed by atoms with E-state index in [4.69, 9.17) is 14.7 Å². The molecule has 3 unspecified atom stereocenters. The van der Waals surface area contributed by atoms with E-state index in [9.17, 15) is 10.2 Å². The molecular formula is C23H30N6O3. The van der Waals surface area contributed by atoms with Crippen molar-refractivity contribution >= 4 is 22.7 Å². The zero-order chi connectivity index (χ0) is 22.2. The predicted octanol–water partition coefficient (Wildman–Crippen LogP) is 1.88. The summed E-state index contributed by atoms with van der Waals surface area (Å²) < 4.78 is 7.66. The lowest BCUT2D eigenvalue weighted by Crippen LogP contribution is -2.49. The minimum absolute atomic E-state index is 0.0449. The van der Waals surface area contributed by atoms with Gasteiger partial charge in [-0.2, -0.15) is 9.97 Å². The monoisotopic (exact) mass is 438 g/mol. The maximum absolute atomic E-state index is 10.0. The van der Waals surface area contributed by atoms with Crippen molar-refractivity contribution in [3.63, 3.8) is 0 Å². The van der Waals surface area contributed by atoms with Gasteiger partial charge in [-0.3, -0.25) is 4.57 Å². The third-order valence-corrected chi connectivity index (χ3v) is 6.72. The van der Waals surface area contributed by atoms with Gasteiger partial charge < -0.3 is 24.7 Å². The van der Waals surface area contributed by atoms with Crippen molar-refractivity contribution in [3.8, 4) is 5.95 Å². The summed E-state index contributed by atoms with van der Waals surface area (Å²) in [6.07, 6.45) is 2.04. The van der Waals surface area contributed by atoms with Crippen molar-refractivity contribution in [2.45, 2.75) is 51.5 Å². The largest absolute Gasteiger partial charge is 0.394 e. The topological polar surface area (TPSA) is 99.8 Å². The molecule has 0 amide bonds. The first-order valence-corrected chi connectivity index (χ1v) is 11.3. The first-order valence-electron chi connectivity index (χ1n) is 11.3. The number of para-hydroxylation sites is 2. The van der Waals surface area contributed by atoms with Crippen molar-refractivity contribution in [1.29, 1.82) is 0 Å². The van der Waals surface area contributed by atoms with Crippen LogP contribution in [-0.2, 0) is 11.3 Å². The standard InChI is InChI=1S/C23H30N6O3/c1-15-16(2)32-11-10-27(15)20-12-21(28-9-5-6-17(28)13-30)26-23(25-20)29-19-8-4-3-7-18(19)24-22(29)14-31/h3-4,7-8,12,15-17,30-31H,5-6,9-11,13-14H2,1-2H3. The van der Waals surface area contributed by atoms with E-state index in [1.165, 1.54) is 0 Å². The number of rotatable bonds is 5. The summed E-state index contributed by atoms with van der Waals surface area (Å²) in [5.74, 6) is 2.58. The number of nitrogens with zero attached hydrogens (tertiary/aromatic N) is 6. The molecule has 0 spiro atoms. The second kappa shape index (κ2) is 8.65. The molecule has 0 aliphatic carbocycles. The molecule has 32 heavy (non-hydrogen) atoms. The molecule has 3 aromatic rings. The van der Waals surface area contributed by atoms with Crippen molar-refractivity contribution in [2.75, 3.05) is 36.1 Å². The smallest absolute Gasteiger partial charge is 0.239 e. The Bertz CT molecular complexity index is 1100. The van der Waals surface area contributed by atoms with Crippen LogP contribution in [-0.4, -0.2) is 74.2 Å². The van der Waals surface area contributed by atoms with Crippen LogP contribution in [0.4, 0.5) is 11.6 Å². The number of imidazole rings is 1. The highest BCUT2D eigenvalue weighted by molar-refractivity contribution is 5.77. The summed E-state index contributed by atoms with van der Waals surface area (Å²) in [5, 5.41) is 19.9. The Hall–Kier alpha value is -2.75. The summed E-state index contributed by atoms with van der Waals surface area (Å²) in [6.45, 7) is 6.31. The minimum Gasteiger partial charge on any atom is -0.394 e. The Balaban J connectivity index is 1.68. The van der Waals surface area contributed by atoms with E-state index in [-0.39, 0.29) is 31.4 Å². The van der Waals surface area contributed by atoms with Crippen LogP contribution in [0, 0.1) is 0 Å². The molecule has 0 saturated carbocycles. The second-order valence-electron chi connectivity index (χ2n) is 8.58. The predicted molar refractivity (Wildman–Crippen MR) is 122 cm³/mol. The first kappa shape index (κ1) is 21.1. The van der Waals surface area contributed by atoms with Gasteiger partial charge in [-0.05, 0) is 38.8 Å². The number of hydrogen-bond donors (Lipinski definition) is 2. The number of ether oxygens (including phenoxy) is 1. The van der Waals surface area contributed by atoms with Crippen LogP contribution in [0.3, 0.4) is 0 Å². The van der Waals surface area contributed by atoms with Gasteiger partial charge in [-0.25, -0.2) is 4.98 Å². The normalized spacial score (nSPS) is 23.9. The number of benzene rings is 1. The molecular weight excluding hydrogens is 408 g/mol. The van der Waals surface area contributed by atoms with Gasteiger partial charge in [-0.15, -0.1) is 0 Å². The average molecular weight is 439 g/mol. The molecule has 5 rings (SSSR count). The van der Waals surface area contributed by atoms with Gasteiger partial charge in [0.1, 0.15) is 24.1 Å². The van der Waals surface area contributed by atoms with Gasteiger partial charge in [0.15, 0.2) is 0 Å². The van der Waals surface area contributed by atoms with E-state index >= 15 is 0 Å². The molecule has 170 valence electrons. The molecule has 0 radical (unpaired) electrons. The number of hydrogen-bond acceptors (Lipinski definition) is 8. The third-order valence-electron chi connectivity index (χ3n) is 6.72. The van der Waals surface area contributed by atoms with Gasteiger partial charge in [0.25, 0.3) is 0 Å². The SMILES string of the molecule is CC1OCCN(c2cc(N3CCCC3CO)nc(-n3c(CO)nc4ccccc43)n2)C1C. The van der Waals surface area contributed by atoms with Crippen LogP contribution in [0.2, 0.25) is 0 Å². The lowest BCUT2D eigenvalue weighted by Gasteiger charge is -2.39. The maximum Gasteiger partial charge on any atom is 0.239 e. The molecule has 9 heteroatoms. The van der Waals surface area contributed by atoms with Gasteiger partial charge in [0.2, 0.25) is 5.95 Å². The fourth-order valence-electron chi connectivity index (χ4n) is 4.79. The molecule has 1 aromatic carbocycles. The number of morpholine rings is 1. The Morgan fingerprint density at radius 3 is 2.59 bits per heavy atom. The number of aromatic nitrogens is 4. The van der Waals surface area contributed by atoms with Crippen LogP contribution in [0.25, 0.3) is 17.0 Å². The Kier molecular flexibility index (Phi) is 5.71. The second-order valence-corrected chi connectivity index (χ2v) is 8.58. The van der Waals surface area contributed by atoms with Crippen LogP contribution < -0.4 is 9.80 Å². The van der Waals surface area contributed by atoms with Crippen LogP contribution >= 0.6 is 0 Å².